The van der Waals surface area contributed by atoms with Crippen LogP contribution in [0.15, 0.2) is 48.5 Å². The van der Waals surface area contributed by atoms with Gasteiger partial charge in [-0.1, -0.05) is 6.07 Å². The summed E-state index contributed by atoms with van der Waals surface area (Å²) >= 11 is 0. The van der Waals surface area contributed by atoms with Gasteiger partial charge in [-0.15, -0.1) is 0 Å². The molecule has 1 aliphatic rings. The van der Waals surface area contributed by atoms with Gasteiger partial charge in [-0.25, -0.2) is 9.59 Å². The number of ether oxygens (including phenoxy) is 4. The van der Waals surface area contributed by atoms with E-state index >= 15 is 0 Å². The summed E-state index contributed by atoms with van der Waals surface area (Å²) in [6, 6.07) is 11.5. The van der Waals surface area contributed by atoms with Crippen LogP contribution >= 0.6 is 0 Å². The lowest BCUT2D eigenvalue weighted by Crippen LogP contribution is -2.20. The summed E-state index contributed by atoms with van der Waals surface area (Å²) in [6.07, 6.45) is 2.79. The van der Waals surface area contributed by atoms with Crippen molar-refractivity contribution >= 4 is 29.6 Å². The summed E-state index contributed by atoms with van der Waals surface area (Å²) in [4.78, 5) is 35.4. The highest BCUT2D eigenvalue weighted by atomic mass is 16.6. The zero-order chi connectivity index (χ0) is 21.3. The van der Waals surface area contributed by atoms with Crippen LogP contribution in [0.5, 0.6) is 11.5 Å². The van der Waals surface area contributed by atoms with Gasteiger partial charge in [-0.05, 0) is 55.0 Å². The number of anilines is 1. The summed E-state index contributed by atoms with van der Waals surface area (Å²) in [5.41, 5.74) is 1.59. The SMILES string of the molecule is CCOC(=O)c1ccc(NC(=O)COC(=O)/C=C/c2ccc3c(c2)OCCO3)cc1. The average Bonchev–Trinajstić information content (AvgIpc) is 2.77. The number of carbonyl (C=O) groups is 3. The van der Waals surface area contributed by atoms with Crippen LogP contribution in [0.25, 0.3) is 6.08 Å². The fraction of sp³-hybridized carbons (Fsp3) is 0.227. The Balaban J connectivity index is 1.45. The molecule has 1 aliphatic heterocycles. The van der Waals surface area contributed by atoms with Crippen molar-refractivity contribution in [1.82, 2.24) is 0 Å². The van der Waals surface area contributed by atoms with Gasteiger partial charge in [0.25, 0.3) is 5.91 Å². The van der Waals surface area contributed by atoms with Gasteiger partial charge >= 0.3 is 11.9 Å². The summed E-state index contributed by atoms with van der Waals surface area (Å²) in [5.74, 6) is -0.315. The quantitative estimate of drug-likeness (QED) is 0.552. The molecule has 2 aromatic carbocycles. The van der Waals surface area contributed by atoms with Gasteiger partial charge in [0.2, 0.25) is 0 Å². The smallest absolute Gasteiger partial charge is 0.338 e. The van der Waals surface area contributed by atoms with Crippen LogP contribution in [0.4, 0.5) is 5.69 Å². The molecule has 1 heterocycles. The molecule has 0 bridgehead atoms. The Hall–Kier alpha value is -3.81. The maximum atomic E-state index is 11.9. The van der Waals surface area contributed by atoms with Crippen LogP contribution in [-0.4, -0.2) is 44.3 Å². The first-order chi connectivity index (χ1) is 14.5. The normalized spacial score (nSPS) is 12.3. The average molecular weight is 411 g/mol. The molecule has 0 saturated heterocycles. The van der Waals surface area contributed by atoms with Crippen molar-refractivity contribution < 1.29 is 33.3 Å². The number of esters is 2. The molecule has 0 atom stereocenters. The third kappa shape index (κ3) is 5.84. The Bertz CT molecular complexity index is 950. The van der Waals surface area contributed by atoms with Crippen molar-refractivity contribution in [2.75, 3.05) is 31.7 Å². The first kappa shape index (κ1) is 20.9. The molecule has 0 aliphatic carbocycles. The number of nitrogens with one attached hydrogen (secondary N) is 1. The summed E-state index contributed by atoms with van der Waals surface area (Å²) in [7, 11) is 0. The molecule has 3 rings (SSSR count). The lowest BCUT2D eigenvalue weighted by Gasteiger charge is -2.18. The lowest BCUT2D eigenvalue weighted by molar-refractivity contribution is -0.142. The molecule has 0 fully saturated rings. The predicted molar refractivity (Wildman–Crippen MR) is 108 cm³/mol. The van der Waals surface area contributed by atoms with Crippen LogP contribution < -0.4 is 14.8 Å². The Kier molecular flexibility index (Phi) is 7.05. The van der Waals surface area contributed by atoms with Gasteiger partial charge in [-0.3, -0.25) is 4.79 Å². The maximum Gasteiger partial charge on any atom is 0.338 e. The van der Waals surface area contributed by atoms with E-state index < -0.39 is 24.5 Å². The molecular formula is C22H21NO7. The Labute approximate surface area is 173 Å². The van der Waals surface area contributed by atoms with Crippen LogP contribution in [0.1, 0.15) is 22.8 Å². The van der Waals surface area contributed by atoms with E-state index in [0.717, 1.165) is 5.56 Å². The van der Waals surface area contributed by atoms with E-state index in [0.29, 0.717) is 36.0 Å². The number of benzene rings is 2. The van der Waals surface area contributed by atoms with Gasteiger partial charge in [0.15, 0.2) is 18.1 Å². The largest absolute Gasteiger partial charge is 0.486 e. The first-order valence-corrected chi connectivity index (χ1v) is 9.36. The van der Waals surface area contributed by atoms with Crippen molar-refractivity contribution in [2.24, 2.45) is 0 Å². The Morgan fingerprint density at radius 2 is 1.73 bits per heavy atom. The monoisotopic (exact) mass is 411 g/mol. The van der Waals surface area contributed by atoms with Gasteiger partial charge < -0.3 is 24.3 Å². The molecule has 0 aromatic heterocycles. The van der Waals surface area contributed by atoms with E-state index in [-0.39, 0.29) is 6.61 Å². The Morgan fingerprint density at radius 3 is 2.47 bits per heavy atom. The number of hydrogen-bond acceptors (Lipinski definition) is 7. The third-order valence-electron chi connectivity index (χ3n) is 4.00. The van der Waals surface area contributed by atoms with E-state index in [9.17, 15) is 14.4 Å². The topological polar surface area (TPSA) is 100 Å². The summed E-state index contributed by atoms with van der Waals surface area (Å²) in [6.45, 7) is 2.55. The highest BCUT2D eigenvalue weighted by Gasteiger charge is 2.11. The molecular weight excluding hydrogens is 390 g/mol. The van der Waals surface area contributed by atoms with Gasteiger partial charge in [-0.2, -0.15) is 0 Å². The van der Waals surface area contributed by atoms with Crippen LogP contribution in [0, 0.1) is 0 Å². The summed E-state index contributed by atoms with van der Waals surface area (Å²) < 4.78 is 20.8. The van der Waals surface area contributed by atoms with Crippen LogP contribution in [0.2, 0.25) is 0 Å². The number of hydrogen-bond donors (Lipinski definition) is 1. The standard InChI is InChI=1S/C22H21NO7/c1-2-27-22(26)16-5-7-17(8-6-16)23-20(24)14-30-21(25)10-4-15-3-9-18-19(13-15)29-12-11-28-18/h3-10,13H,2,11-12,14H2,1H3,(H,23,24)/b10-4+. The molecule has 8 heteroatoms. The molecule has 1 N–H and O–H groups in total. The molecule has 0 saturated carbocycles. The molecule has 0 spiro atoms. The summed E-state index contributed by atoms with van der Waals surface area (Å²) in [5, 5.41) is 2.58. The maximum absolute atomic E-state index is 11.9. The van der Waals surface area contributed by atoms with Gasteiger partial charge in [0.05, 0.1) is 12.2 Å². The second-order valence-electron chi connectivity index (χ2n) is 6.19. The minimum atomic E-state index is -0.655. The molecule has 0 radical (unpaired) electrons. The lowest BCUT2D eigenvalue weighted by atomic mass is 10.2. The first-order valence-electron chi connectivity index (χ1n) is 9.36. The van der Waals surface area contributed by atoms with Gasteiger partial charge in [0, 0.05) is 11.8 Å². The zero-order valence-corrected chi connectivity index (χ0v) is 16.4. The number of carbonyl (C=O) groups excluding carboxylic acids is 3. The second-order valence-corrected chi connectivity index (χ2v) is 6.19. The van der Waals surface area contributed by atoms with Crippen molar-refractivity contribution in [1.29, 1.82) is 0 Å². The van der Waals surface area contributed by atoms with Crippen LogP contribution in [0.3, 0.4) is 0 Å². The van der Waals surface area contributed by atoms with Crippen molar-refractivity contribution in [3.63, 3.8) is 0 Å². The highest BCUT2D eigenvalue weighted by molar-refractivity contribution is 5.95. The molecule has 8 nitrogen and oxygen atoms in total. The van der Waals surface area contributed by atoms with Crippen molar-refractivity contribution in [3.8, 4) is 11.5 Å². The highest BCUT2D eigenvalue weighted by Crippen LogP contribution is 2.31. The number of amides is 1. The molecule has 0 unspecified atom stereocenters. The predicted octanol–water partition coefficient (Wildman–Crippen LogP) is 2.83. The third-order valence-corrected chi connectivity index (χ3v) is 4.00. The molecule has 156 valence electrons. The van der Waals surface area contributed by atoms with Gasteiger partial charge in [0.1, 0.15) is 13.2 Å². The fourth-order valence-corrected chi connectivity index (χ4v) is 2.61. The fourth-order valence-electron chi connectivity index (χ4n) is 2.61. The van der Waals surface area contributed by atoms with Crippen molar-refractivity contribution in [2.45, 2.75) is 6.92 Å². The zero-order valence-electron chi connectivity index (χ0n) is 16.4. The molecule has 1 amide bonds. The Morgan fingerprint density at radius 1 is 1.00 bits per heavy atom. The molecule has 2 aromatic rings. The number of rotatable bonds is 7. The second kappa shape index (κ2) is 10.1. The van der Waals surface area contributed by atoms with E-state index in [4.69, 9.17) is 18.9 Å². The minimum Gasteiger partial charge on any atom is -0.486 e. The van der Waals surface area contributed by atoms with E-state index in [2.05, 4.69) is 5.32 Å². The minimum absolute atomic E-state index is 0.284. The molecule has 30 heavy (non-hydrogen) atoms. The van der Waals surface area contributed by atoms with E-state index in [1.807, 2.05) is 0 Å². The van der Waals surface area contributed by atoms with E-state index in [1.54, 1.807) is 43.3 Å². The van der Waals surface area contributed by atoms with Crippen molar-refractivity contribution in [3.05, 3.63) is 59.7 Å². The van der Waals surface area contributed by atoms with Crippen LogP contribution in [-0.2, 0) is 19.1 Å². The van der Waals surface area contributed by atoms with E-state index in [1.165, 1.54) is 18.2 Å². The number of fused-ring (bicyclic) bond motifs is 1.